The molecule has 0 spiro atoms. The van der Waals surface area contributed by atoms with Crippen LogP contribution in [-0.4, -0.2) is 128 Å². The number of tetrazole rings is 1. The van der Waals surface area contributed by atoms with Gasteiger partial charge in [0.05, 0.1) is 30.8 Å². The summed E-state index contributed by atoms with van der Waals surface area (Å²) in [4.78, 5) is 106. The van der Waals surface area contributed by atoms with E-state index in [1.807, 2.05) is 35.6 Å². The number of hydrogen-bond acceptors (Lipinski definition) is 13. The standard InChI is InChI=1S/C43H51N13O11/c1-2-20-67-33-22-27(15-16-29(33)39-53-55-56(54-39)28-12-7-4-8-13-28)49-35(58)18-17-34(57)47-24-36(59)50-31(21-26-10-5-3-6-11-26)41(64)52-30(14-9-19-46-43(44)45)40(63)48-25-37(60)51-32(42(65)66)23-38(61)62/h2-8,10-13,15-16,22,30-32H,1,9,14,17-21,23-25H2,(H,47,57)(H,48,63)(H,49,58)(H,50,59)(H,51,60)(H,52,64)(H,61,62)(H,65,66)(H4,44,45,46)/t30-,31-,32-/m0/s1. The number of anilines is 1. The molecule has 6 amide bonds. The van der Waals surface area contributed by atoms with Crippen molar-refractivity contribution in [3.63, 3.8) is 0 Å². The van der Waals surface area contributed by atoms with Gasteiger partial charge in [0, 0.05) is 37.6 Å². The zero-order chi connectivity index (χ0) is 48.7. The monoisotopic (exact) mass is 925 g/mol. The number of nitrogens with one attached hydrogen (secondary N) is 6. The first kappa shape index (κ1) is 50.9. The van der Waals surface area contributed by atoms with Crippen LogP contribution in [0.15, 0.2) is 96.5 Å². The SMILES string of the molecule is C=CCOc1cc(NC(=O)CCC(=O)NCC(=O)N[C@@H](Cc2ccccc2)C(=O)N[C@@H](CCCN=C(N)N)C(=O)NCC(=O)N[C@@H](CC(=O)O)C(=O)O)ccc1-c1nnn(-c2ccccc2)n1. The minimum atomic E-state index is -1.77. The van der Waals surface area contributed by atoms with Gasteiger partial charge in [-0.1, -0.05) is 61.2 Å². The first-order valence-electron chi connectivity index (χ1n) is 20.6. The van der Waals surface area contributed by atoms with E-state index in [0.717, 1.165) is 0 Å². The number of carbonyl (C=O) groups is 8. The van der Waals surface area contributed by atoms with Gasteiger partial charge < -0.3 is 58.3 Å². The van der Waals surface area contributed by atoms with Gasteiger partial charge in [0.2, 0.25) is 41.3 Å². The number of para-hydroxylation sites is 1. The topological polar surface area (TPSA) is 366 Å². The molecule has 24 nitrogen and oxygen atoms in total. The van der Waals surface area contributed by atoms with Gasteiger partial charge in [-0.3, -0.25) is 38.6 Å². The van der Waals surface area contributed by atoms with E-state index in [0.29, 0.717) is 28.3 Å². The molecule has 0 saturated carbocycles. The molecule has 24 heteroatoms. The van der Waals surface area contributed by atoms with Gasteiger partial charge in [-0.2, -0.15) is 0 Å². The number of carboxylic acids is 2. The molecule has 4 aromatic rings. The Kier molecular flexibility index (Phi) is 19.9. The summed E-state index contributed by atoms with van der Waals surface area (Å²) < 4.78 is 5.82. The van der Waals surface area contributed by atoms with Crippen LogP contribution in [0.4, 0.5) is 5.69 Å². The summed E-state index contributed by atoms with van der Waals surface area (Å²) in [6.45, 7) is 2.52. The minimum absolute atomic E-state index is 0.0525. The highest BCUT2D eigenvalue weighted by atomic mass is 16.5. The van der Waals surface area contributed by atoms with Crippen molar-refractivity contribution in [2.24, 2.45) is 16.5 Å². The summed E-state index contributed by atoms with van der Waals surface area (Å²) in [5, 5.41) is 45.4. The van der Waals surface area contributed by atoms with Crippen LogP contribution < -0.4 is 48.1 Å². The number of rotatable bonds is 27. The first-order chi connectivity index (χ1) is 32.1. The number of aliphatic carboxylic acids is 2. The van der Waals surface area contributed by atoms with Gasteiger partial charge in [0.25, 0.3) is 0 Å². The third-order valence-corrected chi connectivity index (χ3v) is 9.24. The van der Waals surface area contributed by atoms with Crippen LogP contribution >= 0.6 is 0 Å². The van der Waals surface area contributed by atoms with Gasteiger partial charge >= 0.3 is 11.9 Å². The van der Waals surface area contributed by atoms with Crippen LogP contribution in [-0.2, 0) is 44.8 Å². The number of nitrogens with zero attached hydrogens (tertiary/aromatic N) is 5. The molecule has 3 atom stereocenters. The number of hydrogen-bond donors (Lipinski definition) is 10. The van der Waals surface area contributed by atoms with E-state index >= 15 is 0 Å². The molecule has 0 unspecified atom stereocenters. The highest BCUT2D eigenvalue weighted by molar-refractivity contribution is 5.96. The van der Waals surface area contributed by atoms with E-state index < -0.39 is 85.0 Å². The van der Waals surface area contributed by atoms with E-state index in [1.54, 1.807) is 54.6 Å². The predicted molar refractivity (Wildman–Crippen MR) is 240 cm³/mol. The zero-order valence-electron chi connectivity index (χ0n) is 36.1. The maximum atomic E-state index is 13.8. The van der Waals surface area contributed by atoms with Crippen LogP contribution in [0.3, 0.4) is 0 Å². The fourth-order valence-corrected chi connectivity index (χ4v) is 6.02. The molecule has 67 heavy (non-hydrogen) atoms. The van der Waals surface area contributed by atoms with Crippen LogP contribution in [0.5, 0.6) is 5.75 Å². The molecule has 0 saturated heterocycles. The number of amides is 6. The highest BCUT2D eigenvalue weighted by Crippen LogP contribution is 2.31. The molecule has 0 bridgehead atoms. The van der Waals surface area contributed by atoms with Gasteiger partial charge in [-0.15, -0.1) is 15.0 Å². The van der Waals surface area contributed by atoms with E-state index in [-0.39, 0.29) is 57.0 Å². The lowest BCUT2D eigenvalue weighted by Crippen LogP contribution is -2.56. The molecular formula is C43H51N13O11. The van der Waals surface area contributed by atoms with Crippen molar-refractivity contribution in [1.82, 2.24) is 46.8 Å². The van der Waals surface area contributed by atoms with Crippen molar-refractivity contribution in [2.75, 3.05) is 31.6 Å². The lowest BCUT2D eigenvalue weighted by Gasteiger charge is -2.23. The van der Waals surface area contributed by atoms with E-state index in [4.69, 9.17) is 21.3 Å². The van der Waals surface area contributed by atoms with Crippen molar-refractivity contribution < 1.29 is 53.3 Å². The summed E-state index contributed by atoms with van der Waals surface area (Å²) in [5.74, 6) is -7.35. The van der Waals surface area contributed by atoms with Crippen LogP contribution in [0.1, 0.15) is 37.7 Å². The number of nitrogens with two attached hydrogens (primary N) is 2. The molecule has 1 heterocycles. The van der Waals surface area contributed by atoms with Gasteiger partial charge in [-0.25, -0.2) is 4.79 Å². The molecule has 0 aliphatic heterocycles. The van der Waals surface area contributed by atoms with E-state index in [2.05, 4.69) is 53.6 Å². The Morgan fingerprint density at radius 1 is 0.776 bits per heavy atom. The average molecular weight is 926 g/mol. The smallest absolute Gasteiger partial charge is 0.326 e. The molecule has 12 N–H and O–H groups in total. The minimum Gasteiger partial charge on any atom is -0.489 e. The Labute approximate surface area is 383 Å². The molecule has 0 radical (unpaired) electrons. The average Bonchev–Trinajstić information content (AvgIpc) is 3.80. The van der Waals surface area contributed by atoms with Crippen molar-refractivity contribution in [2.45, 2.75) is 56.7 Å². The number of carboxylic acid groups (broad SMARTS) is 2. The predicted octanol–water partition coefficient (Wildman–Crippen LogP) is -0.845. The van der Waals surface area contributed by atoms with Crippen molar-refractivity contribution >= 4 is 59.0 Å². The number of aromatic nitrogens is 4. The molecule has 0 aliphatic rings. The summed E-state index contributed by atoms with van der Waals surface area (Å²) in [6.07, 6.45) is 0.113. The second kappa shape index (κ2) is 26.2. The Bertz CT molecular complexity index is 2410. The third kappa shape index (κ3) is 17.8. The van der Waals surface area contributed by atoms with Crippen molar-refractivity contribution in [3.05, 3.63) is 97.1 Å². The largest absolute Gasteiger partial charge is 0.489 e. The molecular weight excluding hydrogens is 875 g/mol. The quantitative estimate of drug-likeness (QED) is 0.0151. The Morgan fingerprint density at radius 2 is 1.43 bits per heavy atom. The Morgan fingerprint density at radius 3 is 2.09 bits per heavy atom. The van der Waals surface area contributed by atoms with Crippen molar-refractivity contribution in [1.29, 1.82) is 0 Å². The van der Waals surface area contributed by atoms with Crippen LogP contribution in [0.2, 0.25) is 0 Å². The molecule has 4 rings (SSSR count). The highest BCUT2D eigenvalue weighted by Gasteiger charge is 2.29. The third-order valence-electron chi connectivity index (χ3n) is 9.24. The number of aliphatic imine (C=N–C) groups is 1. The Balaban J connectivity index is 1.34. The molecule has 1 aromatic heterocycles. The maximum absolute atomic E-state index is 13.8. The van der Waals surface area contributed by atoms with E-state index in [1.165, 1.54) is 4.80 Å². The lowest BCUT2D eigenvalue weighted by atomic mass is 10.0. The Hall–Kier alpha value is -8.70. The molecule has 354 valence electrons. The van der Waals surface area contributed by atoms with Crippen LogP contribution in [0.25, 0.3) is 17.1 Å². The van der Waals surface area contributed by atoms with Gasteiger partial charge in [-0.05, 0) is 47.9 Å². The zero-order valence-corrected chi connectivity index (χ0v) is 36.1. The summed E-state index contributed by atoms with van der Waals surface area (Å²) in [7, 11) is 0. The number of ether oxygens (including phenoxy) is 1. The second-order valence-corrected chi connectivity index (χ2v) is 14.5. The van der Waals surface area contributed by atoms with Crippen molar-refractivity contribution in [3.8, 4) is 22.8 Å². The van der Waals surface area contributed by atoms with Crippen LogP contribution in [0, 0.1) is 0 Å². The number of benzene rings is 3. The summed E-state index contributed by atoms with van der Waals surface area (Å²) in [5.41, 5.74) is 13.0. The lowest BCUT2D eigenvalue weighted by molar-refractivity contribution is -0.147. The fourth-order valence-electron chi connectivity index (χ4n) is 6.02. The number of guanidine groups is 1. The second-order valence-electron chi connectivity index (χ2n) is 14.5. The van der Waals surface area contributed by atoms with Gasteiger partial charge in [0.15, 0.2) is 5.96 Å². The molecule has 0 aliphatic carbocycles. The molecule has 3 aromatic carbocycles. The summed E-state index contributed by atoms with van der Waals surface area (Å²) >= 11 is 0. The maximum Gasteiger partial charge on any atom is 0.326 e. The normalized spacial score (nSPS) is 11.9. The van der Waals surface area contributed by atoms with E-state index in [9.17, 15) is 43.5 Å². The van der Waals surface area contributed by atoms with Gasteiger partial charge in [0.1, 0.15) is 30.5 Å². The first-order valence-corrected chi connectivity index (χ1v) is 20.6. The molecule has 0 fully saturated rings. The fraction of sp³-hybridized carbons (Fsp3) is 0.302. The number of carbonyl (C=O) groups excluding carboxylic acids is 6. The summed E-state index contributed by atoms with van der Waals surface area (Å²) in [6, 6.07) is 18.2.